The van der Waals surface area contributed by atoms with E-state index in [2.05, 4.69) is 96.8 Å². The van der Waals surface area contributed by atoms with Crippen molar-refractivity contribution in [3.63, 3.8) is 0 Å². The molecule has 0 saturated heterocycles. The van der Waals surface area contributed by atoms with Gasteiger partial charge in [-0.15, -0.1) is 90.0 Å². The number of pyridine rings is 3. The van der Waals surface area contributed by atoms with Crippen molar-refractivity contribution < 1.29 is 34.1 Å². The van der Waals surface area contributed by atoms with Gasteiger partial charge in [0, 0.05) is 39.0 Å². The second kappa shape index (κ2) is 18.6. The number of hydrogen-bond donors (Lipinski definition) is 0. The third kappa shape index (κ3) is 9.74. The van der Waals surface area contributed by atoms with Crippen LogP contribution in [0.15, 0.2) is 132 Å². The van der Waals surface area contributed by atoms with Crippen molar-refractivity contribution in [2.45, 2.75) is 122 Å². The van der Waals surface area contributed by atoms with E-state index in [9.17, 15) is 5.48 Å². The molecule has 0 spiro atoms. The van der Waals surface area contributed by atoms with Crippen molar-refractivity contribution in [1.29, 1.82) is 0 Å². The molecule has 0 amide bonds. The van der Waals surface area contributed by atoms with Crippen molar-refractivity contribution in [2.24, 2.45) is 0 Å². The third-order valence-corrected chi connectivity index (χ3v) is 13.8. The smallest absolute Gasteiger partial charge is 0.485 e. The second-order valence-corrected chi connectivity index (χ2v) is 21.0. The zero-order chi connectivity index (χ0) is 53.5. The van der Waals surface area contributed by atoms with Crippen LogP contribution in [0, 0.1) is 25.1 Å². The van der Waals surface area contributed by atoms with Gasteiger partial charge >= 0.3 is 20.1 Å². The number of fused-ring (bicyclic) bond motifs is 4. The minimum atomic E-state index is -2.91. The molecule has 5 aromatic heterocycles. The summed E-state index contributed by atoms with van der Waals surface area (Å²) in [7, 11) is 0. The van der Waals surface area contributed by atoms with E-state index in [-0.39, 0.29) is 53.3 Å². The van der Waals surface area contributed by atoms with E-state index in [1.54, 1.807) is 18.2 Å². The summed E-state index contributed by atoms with van der Waals surface area (Å²) in [5.41, 5.74) is 8.45. The molecule has 5 heterocycles. The average Bonchev–Trinajstić information content (AvgIpc) is 3.77. The number of hydrogen-bond acceptors (Lipinski definition) is 6. The van der Waals surface area contributed by atoms with Gasteiger partial charge in [-0.2, -0.15) is 0 Å². The van der Waals surface area contributed by atoms with Gasteiger partial charge in [0.1, 0.15) is 5.52 Å². The van der Waals surface area contributed by atoms with E-state index in [1.165, 1.54) is 6.07 Å². The maximum Gasteiger partial charge on any atom is 3.00 e. The van der Waals surface area contributed by atoms with Crippen LogP contribution in [0.5, 0.6) is 0 Å². The minimum absolute atomic E-state index is 0. The monoisotopic (exact) mass is 1090 g/mol. The summed E-state index contributed by atoms with van der Waals surface area (Å²) in [5, 5.41) is 0.668. The standard InChI is InChI=1S/C62H60N5O.Ir/c1-40-31-53(49-21-16-22-50-54-58(68-55(49)50)67-57-56(66-54)59(2,3)29-30-60(57,4)5)63-37-46(40)24-23-41-32-42(35-61(6,7)47-25-27-51(64-38-47)44-17-12-10-13-18-44)34-43(33-41)36-62(8,9)48-26-28-52(65-39-48)45-19-14-11-15-20-45;/h10-17,19,22,25-28,31-34,37-39H,23-24,29-30,35-36H2,1-9H3;/q-3;+3/i1D3,23D2,24D2;. The topological polar surface area (TPSA) is 77.6 Å². The van der Waals surface area contributed by atoms with Crippen molar-refractivity contribution in [2.75, 3.05) is 0 Å². The summed E-state index contributed by atoms with van der Waals surface area (Å²) >= 11 is 0. The van der Waals surface area contributed by atoms with Crippen LogP contribution in [-0.2, 0) is 67.4 Å². The van der Waals surface area contributed by atoms with Gasteiger partial charge < -0.3 is 19.4 Å². The number of aryl methyl sites for hydroxylation is 3. The van der Waals surface area contributed by atoms with Crippen LogP contribution < -0.4 is 0 Å². The molecule has 0 aliphatic heterocycles. The van der Waals surface area contributed by atoms with Crippen molar-refractivity contribution in [3.8, 4) is 33.8 Å². The molecule has 0 radical (unpaired) electrons. The zero-order valence-electron chi connectivity index (χ0n) is 47.4. The molecule has 4 aromatic carbocycles. The summed E-state index contributed by atoms with van der Waals surface area (Å²) < 4.78 is 72.0. The molecule has 10 rings (SSSR count). The molecule has 7 heteroatoms. The Bertz CT molecular complexity index is 3480. The first-order chi connectivity index (χ1) is 35.2. The largest absolute Gasteiger partial charge is 3.00 e. The Morgan fingerprint density at radius 2 is 1.19 bits per heavy atom. The van der Waals surface area contributed by atoms with Crippen LogP contribution in [0.3, 0.4) is 0 Å². The molecule has 9 aromatic rings. The van der Waals surface area contributed by atoms with Gasteiger partial charge in [0.15, 0.2) is 0 Å². The summed E-state index contributed by atoms with van der Waals surface area (Å²) in [6, 6.07) is 43.5. The maximum absolute atomic E-state index is 9.84. The van der Waals surface area contributed by atoms with Crippen LogP contribution in [-0.4, -0.2) is 24.9 Å². The minimum Gasteiger partial charge on any atom is -0.485 e. The molecular formula is C62H60IrN5O. The Morgan fingerprint density at radius 3 is 1.72 bits per heavy atom. The third-order valence-electron chi connectivity index (χ3n) is 13.8. The Labute approximate surface area is 431 Å². The van der Waals surface area contributed by atoms with Crippen LogP contribution in [0.4, 0.5) is 0 Å². The quantitative estimate of drug-likeness (QED) is 0.113. The SMILES string of the molecule is [2H]C([2H])([2H])c1cc(-c2[c-]ccc3c2oc2nc4c(nc23)C(C)(C)CCC4(C)C)ncc1C([2H])([2H])C([2H])([2H])c1cc(CC(C)(C)c2ccc(-c3[c-]cccc3)nc2)cc(CC(C)(C)c2ccc(-c3[c-]cccc3)nc2)c1.[Ir+3]. The van der Waals surface area contributed by atoms with E-state index in [0.717, 1.165) is 75.2 Å². The fraction of sp³-hybridized carbons (Fsp3) is 0.306. The number of aromatic nitrogens is 5. The van der Waals surface area contributed by atoms with Crippen LogP contribution in [0.25, 0.3) is 56.0 Å². The molecule has 0 unspecified atom stereocenters. The van der Waals surface area contributed by atoms with Crippen LogP contribution in [0.1, 0.15) is 128 Å². The molecule has 0 atom stereocenters. The Hall–Kier alpha value is -6.14. The van der Waals surface area contributed by atoms with E-state index in [1.807, 2.05) is 79.1 Å². The first-order valence-electron chi connectivity index (χ1n) is 26.9. The molecular weight excluding hydrogens is 1020 g/mol. The van der Waals surface area contributed by atoms with Gasteiger partial charge in [-0.25, -0.2) is 9.97 Å². The van der Waals surface area contributed by atoms with Crippen molar-refractivity contribution >= 4 is 22.2 Å². The molecule has 6 nitrogen and oxygen atoms in total. The van der Waals surface area contributed by atoms with E-state index in [0.29, 0.717) is 40.6 Å². The van der Waals surface area contributed by atoms with Gasteiger partial charge in [-0.3, -0.25) is 0 Å². The molecule has 0 bridgehead atoms. The van der Waals surface area contributed by atoms with Gasteiger partial charge in [-0.05, 0) is 112 Å². The second-order valence-electron chi connectivity index (χ2n) is 21.0. The number of furan rings is 1. The Balaban J connectivity index is 0.00000706. The average molecular weight is 1090 g/mol. The van der Waals surface area contributed by atoms with Gasteiger partial charge in [0.25, 0.3) is 0 Å². The number of benzene rings is 4. The predicted octanol–water partition coefficient (Wildman–Crippen LogP) is 14.4. The maximum atomic E-state index is 9.84. The summed E-state index contributed by atoms with van der Waals surface area (Å²) in [6.07, 6.45) is 2.03. The van der Waals surface area contributed by atoms with Gasteiger partial charge in [0.05, 0.1) is 17.0 Å². The van der Waals surface area contributed by atoms with Crippen LogP contribution in [0.2, 0.25) is 0 Å². The Kier molecular flexibility index (Phi) is 10.7. The van der Waals surface area contributed by atoms with Gasteiger partial charge in [-0.1, -0.05) is 115 Å². The molecule has 0 fully saturated rings. The fourth-order valence-corrected chi connectivity index (χ4v) is 9.64. The predicted molar refractivity (Wildman–Crippen MR) is 276 cm³/mol. The molecule has 1 aliphatic carbocycles. The normalized spacial score (nSPS) is 16.5. The Morgan fingerprint density at radius 1 is 0.623 bits per heavy atom. The molecule has 0 saturated carbocycles. The number of rotatable bonds is 12. The molecule has 69 heavy (non-hydrogen) atoms. The summed E-state index contributed by atoms with van der Waals surface area (Å²) in [6.45, 7) is 14.3. The summed E-state index contributed by atoms with van der Waals surface area (Å²) in [4.78, 5) is 24.5. The van der Waals surface area contributed by atoms with Crippen LogP contribution >= 0.6 is 0 Å². The fourth-order valence-electron chi connectivity index (χ4n) is 9.64. The van der Waals surface area contributed by atoms with E-state index < -0.39 is 30.4 Å². The molecule has 1 aliphatic rings. The summed E-state index contributed by atoms with van der Waals surface area (Å²) in [5.74, 6) is 0. The van der Waals surface area contributed by atoms with Crippen molar-refractivity contribution in [1.82, 2.24) is 24.9 Å². The number of nitrogens with zero attached hydrogens (tertiary/aromatic N) is 5. The van der Waals surface area contributed by atoms with Gasteiger partial charge in [0.2, 0.25) is 5.71 Å². The van der Waals surface area contributed by atoms with Crippen molar-refractivity contribution in [3.05, 3.63) is 196 Å². The zero-order valence-corrected chi connectivity index (χ0v) is 42.8. The molecule has 348 valence electrons. The molecule has 0 N–H and O–H groups in total. The first kappa shape index (κ1) is 39.7. The first-order valence-corrected chi connectivity index (χ1v) is 23.4. The van der Waals surface area contributed by atoms with E-state index >= 15 is 0 Å². The van der Waals surface area contributed by atoms with E-state index in [4.69, 9.17) is 28.5 Å².